The predicted molar refractivity (Wildman–Crippen MR) is 91.7 cm³/mol. The van der Waals surface area contributed by atoms with Crippen LogP contribution in [-0.4, -0.2) is 9.38 Å². The molecule has 0 atom stereocenters. The summed E-state index contributed by atoms with van der Waals surface area (Å²) < 4.78 is 2.24. The van der Waals surface area contributed by atoms with Gasteiger partial charge in [-0.15, -0.1) is 0 Å². The maximum absolute atomic E-state index is 5.95. The summed E-state index contributed by atoms with van der Waals surface area (Å²) in [6, 6.07) is 18.6. The van der Waals surface area contributed by atoms with Crippen molar-refractivity contribution in [2.75, 3.05) is 0 Å². The molecule has 4 aromatic rings. The van der Waals surface area contributed by atoms with Crippen molar-refractivity contribution in [3.8, 4) is 0 Å². The van der Waals surface area contributed by atoms with Gasteiger partial charge in [0.05, 0.1) is 22.4 Å². The van der Waals surface area contributed by atoms with Gasteiger partial charge < -0.3 is 4.40 Å². The van der Waals surface area contributed by atoms with Gasteiger partial charge in [0.2, 0.25) is 0 Å². The molecule has 0 unspecified atom stereocenters. The van der Waals surface area contributed by atoms with Gasteiger partial charge in [0.25, 0.3) is 0 Å². The van der Waals surface area contributed by atoms with E-state index in [4.69, 9.17) is 16.6 Å². The largest absolute Gasteiger partial charge is 0.313 e. The van der Waals surface area contributed by atoms with Gasteiger partial charge in [-0.1, -0.05) is 41.9 Å². The fraction of sp³-hybridized carbons (Fsp3) is 0.105. The van der Waals surface area contributed by atoms with Crippen LogP contribution >= 0.6 is 11.6 Å². The van der Waals surface area contributed by atoms with Gasteiger partial charge in [0.15, 0.2) is 0 Å². The molecule has 2 heterocycles. The third-order valence-corrected chi connectivity index (χ3v) is 4.26. The van der Waals surface area contributed by atoms with Crippen LogP contribution in [-0.2, 0) is 6.42 Å². The van der Waals surface area contributed by atoms with Gasteiger partial charge in [-0.3, -0.25) is 4.98 Å². The molecule has 2 aromatic carbocycles. The quantitative estimate of drug-likeness (QED) is 0.507. The molecule has 4 rings (SSSR count). The Hall–Kier alpha value is -2.32. The highest BCUT2D eigenvalue weighted by atomic mass is 35.5. The summed E-state index contributed by atoms with van der Waals surface area (Å²) in [4.78, 5) is 4.76. The molecule has 22 heavy (non-hydrogen) atoms. The molecule has 108 valence electrons. The Morgan fingerprint density at radius 3 is 2.59 bits per heavy atom. The number of fused-ring (bicyclic) bond motifs is 3. The van der Waals surface area contributed by atoms with Crippen LogP contribution in [0.5, 0.6) is 0 Å². The first-order chi connectivity index (χ1) is 10.7. The molecule has 3 heteroatoms. The van der Waals surface area contributed by atoms with Gasteiger partial charge in [0.1, 0.15) is 0 Å². The van der Waals surface area contributed by atoms with Crippen LogP contribution in [0, 0.1) is 6.92 Å². The molecule has 0 saturated heterocycles. The number of hydrogen-bond acceptors (Lipinski definition) is 1. The van der Waals surface area contributed by atoms with Crippen molar-refractivity contribution in [3.05, 3.63) is 82.8 Å². The van der Waals surface area contributed by atoms with Crippen molar-refractivity contribution in [2.24, 2.45) is 0 Å². The van der Waals surface area contributed by atoms with Crippen LogP contribution in [0.15, 0.2) is 60.8 Å². The number of nitrogens with zero attached hydrogens (tertiary/aromatic N) is 2. The molecule has 0 aliphatic rings. The fourth-order valence-corrected chi connectivity index (χ4v) is 3.07. The van der Waals surface area contributed by atoms with Crippen LogP contribution in [0.25, 0.3) is 16.4 Å². The average molecular weight is 307 g/mol. The molecular weight excluding hydrogens is 292 g/mol. The first-order valence-corrected chi connectivity index (χ1v) is 7.69. The number of aromatic nitrogens is 2. The molecule has 0 amide bonds. The smallest absolute Gasteiger partial charge is 0.0675 e. The number of para-hydroxylation sites is 1. The molecule has 0 radical (unpaired) electrons. The lowest BCUT2D eigenvalue weighted by Gasteiger charge is -2.06. The molecule has 2 nitrogen and oxygen atoms in total. The standard InChI is InChI=1S/C19H15ClN2/c1-13-19-11-15-4-2-3-5-18(15)22(19)12-17(21-13)10-14-6-8-16(20)9-7-14/h2-9,11-12H,10H2,1H3. The predicted octanol–water partition coefficient (Wildman–Crippen LogP) is 5.04. The molecule has 0 aliphatic carbocycles. The Morgan fingerprint density at radius 1 is 1.00 bits per heavy atom. The van der Waals surface area contributed by atoms with E-state index in [0.717, 1.165) is 22.8 Å². The van der Waals surface area contributed by atoms with E-state index in [2.05, 4.69) is 60.0 Å². The van der Waals surface area contributed by atoms with E-state index in [1.165, 1.54) is 22.0 Å². The molecule has 0 spiro atoms. The Labute approximate surface area is 134 Å². The lowest BCUT2D eigenvalue weighted by atomic mass is 10.1. The van der Waals surface area contributed by atoms with Crippen molar-refractivity contribution >= 4 is 28.0 Å². The molecule has 0 bridgehead atoms. The van der Waals surface area contributed by atoms with E-state index in [9.17, 15) is 0 Å². The van der Waals surface area contributed by atoms with E-state index in [1.807, 2.05) is 12.1 Å². The Bertz CT molecular complexity index is 968. The molecule has 0 saturated carbocycles. The first-order valence-electron chi connectivity index (χ1n) is 7.31. The average Bonchev–Trinajstić information content (AvgIpc) is 2.89. The van der Waals surface area contributed by atoms with Gasteiger partial charge in [-0.05, 0) is 36.8 Å². The van der Waals surface area contributed by atoms with Gasteiger partial charge >= 0.3 is 0 Å². The summed E-state index contributed by atoms with van der Waals surface area (Å²) in [6.07, 6.45) is 2.94. The second-order valence-electron chi connectivity index (χ2n) is 5.58. The van der Waals surface area contributed by atoms with Gasteiger partial charge in [-0.25, -0.2) is 0 Å². The maximum atomic E-state index is 5.95. The highest BCUT2D eigenvalue weighted by Gasteiger charge is 2.08. The molecule has 0 fully saturated rings. The van der Waals surface area contributed by atoms with Crippen LogP contribution in [0.1, 0.15) is 17.0 Å². The van der Waals surface area contributed by atoms with E-state index in [-0.39, 0.29) is 0 Å². The zero-order valence-electron chi connectivity index (χ0n) is 12.3. The first kappa shape index (κ1) is 13.4. The maximum Gasteiger partial charge on any atom is 0.0675 e. The SMILES string of the molecule is Cc1nc(Cc2ccc(Cl)cc2)cn2c1cc1ccccc12. The van der Waals surface area contributed by atoms with Crippen LogP contribution in [0.4, 0.5) is 0 Å². The Morgan fingerprint density at radius 2 is 1.77 bits per heavy atom. The monoisotopic (exact) mass is 306 g/mol. The van der Waals surface area contributed by atoms with Gasteiger partial charge in [-0.2, -0.15) is 0 Å². The van der Waals surface area contributed by atoms with Gasteiger partial charge in [0, 0.05) is 23.0 Å². The summed E-state index contributed by atoms with van der Waals surface area (Å²) >= 11 is 5.95. The summed E-state index contributed by atoms with van der Waals surface area (Å²) in [5.41, 5.74) is 5.73. The lowest BCUT2D eigenvalue weighted by Crippen LogP contribution is -1.99. The normalized spacial score (nSPS) is 11.4. The highest BCUT2D eigenvalue weighted by molar-refractivity contribution is 6.30. The van der Waals surface area contributed by atoms with Crippen LogP contribution < -0.4 is 0 Å². The van der Waals surface area contributed by atoms with Crippen LogP contribution in [0.3, 0.4) is 0 Å². The zero-order valence-corrected chi connectivity index (χ0v) is 13.0. The number of rotatable bonds is 2. The van der Waals surface area contributed by atoms with Crippen LogP contribution in [0.2, 0.25) is 5.02 Å². The van der Waals surface area contributed by atoms with Crippen molar-refractivity contribution < 1.29 is 0 Å². The minimum absolute atomic E-state index is 0.764. The minimum atomic E-state index is 0.764. The zero-order chi connectivity index (χ0) is 15.1. The lowest BCUT2D eigenvalue weighted by molar-refractivity contribution is 0.993. The van der Waals surface area contributed by atoms with E-state index in [0.29, 0.717) is 0 Å². The number of halogens is 1. The number of hydrogen-bond donors (Lipinski definition) is 0. The van der Waals surface area contributed by atoms with Crippen molar-refractivity contribution in [1.82, 2.24) is 9.38 Å². The summed E-state index contributed by atoms with van der Waals surface area (Å²) in [6.45, 7) is 2.07. The van der Waals surface area contributed by atoms with E-state index in [1.54, 1.807) is 0 Å². The molecule has 2 aromatic heterocycles. The fourth-order valence-electron chi connectivity index (χ4n) is 2.94. The Balaban J connectivity index is 1.84. The second kappa shape index (κ2) is 5.15. The second-order valence-corrected chi connectivity index (χ2v) is 6.02. The molecular formula is C19H15ClN2. The summed E-state index contributed by atoms with van der Waals surface area (Å²) in [7, 11) is 0. The van der Waals surface area contributed by atoms with E-state index >= 15 is 0 Å². The topological polar surface area (TPSA) is 17.3 Å². The van der Waals surface area contributed by atoms with Crippen molar-refractivity contribution in [1.29, 1.82) is 0 Å². The third kappa shape index (κ3) is 2.26. The minimum Gasteiger partial charge on any atom is -0.313 e. The number of benzene rings is 2. The Kier molecular flexibility index (Phi) is 3.12. The van der Waals surface area contributed by atoms with Crippen molar-refractivity contribution in [2.45, 2.75) is 13.3 Å². The number of aryl methyl sites for hydroxylation is 1. The van der Waals surface area contributed by atoms with E-state index < -0.39 is 0 Å². The summed E-state index contributed by atoms with van der Waals surface area (Å²) in [5, 5.41) is 2.01. The summed E-state index contributed by atoms with van der Waals surface area (Å²) in [5.74, 6) is 0. The molecule has 0 aliphatic heterocycles. The third-order valence-electron chi connectivity index (χ3n) is 4.01. The van der Waals surface area contributed by atoms with Crippen molar-refractivity contribution in [3.63, 3.8) is 0 Å². The highest BCUT2D eigenvalue weighted by Crippen LogP contribution is 2.23. The molecule has 0 N–H and O–H groups in total.